The van der Waals surface area contributed by atoms with Crippen molar-refractivity contribution in [2.45, 2.75) is 24.8 Å². The van der Waals surface area contributed by atoms with Gasteiger partial charge in [0.05, 0.1) is 30.8 Å². The largest absolute Gasteiger partial charge is 0.497 e. The summed E-state index contributed by atoms with van der Waals surface area (Å²) >= 11 is 0. The maximum Gasteiger partial charge on any atom is 0.264 e. The van der Waals surface area contributed by atoms with Crippen LogP contribution in [0, 0.1) is 6.92 Å². The van der Waals surface area contributed by atoms with Gasteiger partial charge in [0.15, 0.2) is 0 Å². The number of rotatable bonds is 7. The molecule has 3 aromatic rings. The molecule has 0 unspecified atom stereocenters. The molecule has 0 amide bonds. The van der Waals surface area contributed by atoms with Crippen LogP contribution in [0.4, 0.5) is 5.69 Å². The van der Waals surface area contributed by atoms with Gasteiger partial charge in [0, 0.05) is 0 Å². The fourth-order valence-electron chi connectivity index (χ4n) is 3.34. The van der Waals surface area contributed by atoms with Crippen LogP contribution in [0.25, 0.3) is 0 Å². The van der Waals surface area contributed by atoms with Crippen molar-refractivity contribution in [3.8, 4) is 11.5 Å². The summed E-state index contributed by atoms with van der Waals surface area (Å²) in [5, 5.41) is 0. The van der Waals surface area contributed by atoms with Crippen molar-refractivity contribution in [3.63, 3.8) is 0 Å². The maximum absolute atomic E-state index is 13.7. The van der Waals surface area contributed by atoms with E-state index in [1.165, 1.54) is 4.31 Å². The third-order valence-corrected chi connectivity index (χ3v) is 6.85. The Morgan fingerprint density at radius 1 is 0.793 bits per heavy atom. The molecule has 0 radical (unpaired) electrons. The van der Waals surface area contributed by atoms with Crippen molar-refractivity contribution >= 4 is 15.7 Å². The van der Waals surface area contributed by atoms with Crippen molar-refractivity contribution < 1.29 is 17.9 Å². The lowest BCUT2D eigenvalue weighted by molar-refractivity contribution is 0.414. The van der Waals surface area contributed by atoms with Crippen molar-refractivity contribution in [1.82, 2.24) is 0 Å². The minimum Gasteiger partial charge on any atom is -0.497 e. The number of nitrogens with zero attached hydrogens (tertiary/aromatic N) is 1. The molecule has 0 heterocycles. The molecule has 0 saturated carbocycles. The second-order valence-electron chi connectivity index (χ2n) is 6.71. The van der Waals surface area contributed by atoms with E-state index in [9.17, 15) is 8.42 Å². The fourth-order valence-corrected chi connectivity index (χ4v) is 4.98. The number of sulfonamides is 1. The van der Waals surface area contributed by atoms with E-state index in [4.69, 9.17) is 9.47 Å². The normalized spacial score (nSPS) is 12.3. The smallest absolute Gasteiger partial charge is 0.264 e. The van der Waals surface area contributed by atoms with Crippen LogP contribution in [0.3, 0.4) is 0 Å². The Morgan fingerprint density at radius 2 is 1.31 bits per heavy atom. The zero-order valence-corrected chi connectivity index (χ0v) is 17.8. The summed E-state index contributed by atoms with van der Waals surface area (Å²) < 4.78 is 39.2. The van der Waals surface area contributed by atoms with Crippen LogP contribution in [0.1, 0.15) is 24.1 Å². The van der Waals surface area contributed by atoms with Gasteiger partial charge >= 0.3 is 0 Å². The van der Waals surface area contributed by atoms with Gasteiger partial charge in [-0.25, -0.2) is 8.42 Å². The Bertz CT molecular complexity index is 1060. The molecule has 0 N–H and O–H groups in total. The summed E-state index contributed by atoms with van der Waals surface area (Å²) in [5.74, 6) is 1.27. The zero-order chi connectivity index (χ0) is 21.0. The topological polar surface area (TPSA) is 55.8 Å². The van der Waals surface area contributed by atoms with Gasteiger partial charge in [-0.1, -0.05) is 24.3 Å². The monoisotopic (exact) mass is 411 g/mol. The molecular weight excluding hydrogens is 386 g/mol. The van der Waals surface area contributed by atoms with E-state index in [1.807, 2.05) is 38.1 Å². The fraction of sp³-hybridized carbons (Fsp3) is 0.217. The molecule has 0 spiro atoms. The van der Waals surface area contributed by atoms with Crippen LogP contribution in [-0.4, -0.2) is 22.6 Å². The van der Waals surface area contributed by atoms with E-state index < -0.39 is 16.1 Å². The third-order valence-electron chi connectivity index (χ3n) is 4.93. The third kappa shape index (κ3) is 4.22. The van der Waals surface area contributed by atoms with E-state index in [-0.39, 0.29) is 4.90 Å². The predicted octanol–water partition coefficient (Wildman–Crippen LogP) is 4.97. The second kappa shape index (κ2) is 8.57. The van der Waals surface area contributed by atoms with E-state index >= 15 is 0 Å². The number of ether oxygens (including phenoxy) is 2. The van der Waals surface area contributed by atoms with Gasteiger partial charge in [-0.3, -0.25) is 4.31 Å². The summed E-state index contributed by atoms with van der Waals surface area (Å²) in [4.78, 5) is 0.203. The number of aryl methyl sites for hydroxylation is 1. The van der Waals surface area contributed by atoms with Crippen LogP contribution in [0.5, 0.6) is 11.5 Å². The first-order chi connectivity index (χ1) is 13.9. The first kappa shape index (κ1) is 20.7. The molecule has 0 aliphatic rings. The molecule has 0 aromatic heterocycles. The summed E-state index contributed by atoms with van der Waals surface area (Å²) in [7, 11) is -0.697. The predicted molar refractivity (Wildman–Crippen MR) is 115 cm³/mol. The van der Waals surface area contributed by atoms with Gasteiger partial charge in [-0.05, 0) is 73.5 Å². The van der Waals surface area contributed by atoms with Gasteiger partial charge in [-0.15, -0.1) is 0 Å². The number of hydrogen-bond acceptors (Lipinski definition) is 4. The Hall–Kier alpha value is -2.99. The Labute approximate surface area is 172 Å². The highest BCUT2D eigenvalue weighted by Crippen LogP contribution is 2.35. The molecule has 152 valence electrons. The van der Waals surface area contributed by atoms with Crippen molar-refractivity contribution in [2.24, 2.45) is 0 Å². The number of benzene rings is 3. The summed E-state index contributed by atoms with van der Waals surface area (Å²) in [5.41, 5.74) is 2.54. The molecule has 3 aromatic carbocycles. The quantitative estimate of drug-likeness (QED) is 0.551. The Kier molecular flexibility index (Phi) is 6.13. The number of anilines is 1. The maximum atomic E-state index is 13.7. The van der Waals surface area contributed by atoms with Crippen LogP contribution in [0.15, 0.2) is 77.7 Å². The van der Waals surface area contributed by atoms with E-state index in [0.29, 0.717) is 17.2 Å². The van der Waals surface area contributed by atoms with Crippen LogP contribution in [-0.2, 0) is 10.0 Å². The van der Waals surface area contributed by atoms with Gasteiger partial charge < -0.3 is 9.47 Å². The minimum absolute atomic E-state index is 0.203. The van der Waals surface area contributed by atoms with Gasteiger partial charge in [0.2, 0.25) is 0 Å². The molecule has 1 atom stereocenters. The van der Waals surface area contributed by atoms with Crippen LogP contribution in [0.2, 0.25) is 0 Å². The molecule has 6 heteroatoms. The zero-order valence-electron chi connectivity index (χ0n) is 17.0. The highest BCUT2D eigenvalue weighted by atomic mass is 32.2. The lowest BCUT2D eigenvalue weighted by Crippen LogP contribution is -2.34. The molecule has 3 rings (SSSR count). The van der Waals surface area contributed by atoms with E-state index in [1.54, 1.807) is 62.8 Å². The molecule has 0 aliphatic carbocycles. The molecule has 29 heavy (non-hydrogen) atoms. The minimum atomic E-state index is -3.83. The lowest BCUT2D eigenvalue weighted by Gasteiger charge is -2.32. The van der Waals surface area contributed by atoms with Crippen molar-refractivity contribution in [3.05, 3.63) is 83.9 Å². The SMILES string of the molecule is COc1ccc(N([C@@H](C)c2ccccc2C)S(=O)(=O)c2ccc(OC)cc2)cc1. The molecule has 0 aliphatic heterocycles. The van der Waals surface area contributed by atoms with E-state index in [2.05, 4.69) is 0 Å². The van der Waals surface area contributed by atoms with Gasteiger partial charge in [0.1, 0.15) is 11.5 Å². The summed E-state index contributed by atoms with van der Waals surface area (Å²) in [6, 6.07) is 20.9. The molecular formula is C23H25NO4S. The van der Waals surface area contributed by atoms with Crippen molar-refractivity contribution in [1.29, 1.82) is 0 Å². The number of methoxy groups -OCH3 is 2. The highest BCUT2D eigenvalue weighted by molar-refractivity contribution is 7.92. The summed E-state index contributed by atoms with van der Waals surface area (Å²) in [6.07, 6.45) is 0. The first-order valence-electron chi connectivity index (χ1n) is 9.26. The van der Waals surface area contributed by atoms with E-state index in [0.717, 1.165) is 11.1 Å². The Balaban J connectivity index is 2.14. The lowest BCUT2D eigenvalue weighted by atomic mass is 10.0. The number of hydrogen-bond donors (Lipinski definition) is 0. The van der Waals surface area contributed by atoms with Crippen LogP contribution >= 0.6 is 0 Å². The summed E-state index contributed by atoms with van der Waals surface area (Å²) in [6.45, 7) is 3.88. The standard InChI is InChI=1S/C23H25NO4S/c1-17-7-5-6-8-23(17)18(2)24(19-9-11-20(27-3)12-10-19)29(25,26)22-15-13-21(28-4)14-16-22/h5-16,18H,1-4H3/t18-/m0/s1. The van der Waals surface area contributed by atoms with Crippen molar-refractivity contribution in [2.75, 3.05) is 18.5 Å². The second-order valence-corrected chi connectivity index (χ2v) is 8.52. The Morgan fingerprint density at radius 3 is 1.83 bits per heavy atom. The average Bonchev–Trinajstić information content (AvgIpc) is 2.74. The molecule has 0 saturated heterocycles. The average molecular weight is 412 g/mol. The van der Waals surface area contributed by atoms with Gasteiger partial charge in [0.25, 0.3) is 10.0 Å². The first-order valence-corrected chi connectivity index (χ1v) is 10.7. The van der Waals surface area contributed by atoms with Crippen LogP contribution < -0.4 is 13.8 Å². The van der Waals surface area contributed by atoms with Gasteiger partial charge in [-0.2, -0.15) is 0 Å². The molecule has 0 fully saturated rings. The molecule has 5 nitrogen and oxygen atoms in total. The molecule has 0 bridgehead atoms. The highest BCUT2D eigenvalue weighted by Gasteiger charge is 2.31.